The highest BCUT2D eigenvalue weighted by molar-refractivity contribution is 6.04. The van der Waals surface area contributed by atoms with Crippen molar-refractivity contribution in [3.63, 3.8) is 0 Å². The number of hydrogen-bond donors (Lipinski definition) is 2. The molecule has 0 saturated heterocycles. The lowest BCUT2D eigenvalue weighted by Gasteiger charge is -2.08. The number of carbonyl (C=O) groups is 1. The summed E-state index contributed by atoms with van der Waals surface area (Å²) in [5.74, 6) is -0.0456. The average molecular weight is 305 g/mol. The third-order valence-corrected chi connectivity index (χ3v) is 3.48. The molecule has 0 atom stereocenters. The van der Waals surface area contributed by atoms with E-state index in [1.807, 2.05) is 55.5 Å². The van der Waals surface area contributed by atoms with Gasteiger partial charge in [-0.05, 0) is 18.6 Å². The van der Waals surface area contributed by atoms with Gasteiger partial charge in [0, 0.05) is 17.4 Å². The van der Waals surface area contributed by atoms with Gasteiger partial charge < -0.3 is 10.3 Å². The summed E-state index contributed by atoms with van der Waals surface area (Å²) in [4.78, 5) is 31.3. The van der Waals surface area contributed by atoms with Gasteiger partial charge in [0.25, 0.3) is 11.5 Å². The maximum absolute atomic E-state index is 12.3. The van der Waals surface area contributed by atoms with Crippen molar-refractivity contribution >= 4 is 11.6 Å². The average Bonchev–Trinajstić information content (AvgIpc) is 2.57. The number of anilines is 1. The first-order valence-corrected chi connectivity index (χ1v) is 7.17. The van der Waals surface area contributed by atoms with Crippen LogP contribution in [-0.4, -0.2) is 15.9 Å². The summed E-state index contributed by atoms with van der Waals surface area (Å²) in [5.41, 5.74) is 1.89. The Morgan fingerprint density at radius 2 is 1.74 bits per heavy atom. The molecule has 3 aromatic rings. The van der Waals surface area contributed by atoms with Crippen LogP contribution in [0.3, 0.4) is 0 Å². The Bertz CT molecular complexity index is 901. The molecule has 0 saturated carbocycles. The first kappa shape index (κ1) is 14.7. The number of H-pyrrole nitrogens is 1. The van der Waals surface area contributed by atoms with Gasteiger partial charge in [-0.25, -0.2) is 4.98 Å². The second kappa shape index (κ2) is 6.27. The molecule has 1 aromatic heterocycles. The first-order valence-electron chi connectivity index (χ1n) is 7.17. The number of aromatic amines is 1. The van der Waals surface area contributed by atoms with E-state index in [0.29, 0.717) is 11.5 Å². The molecule has 2 N–H and O–H groups in total. The van der Waals surface area contributed by atoms with E-state index in [2.05, 4.69) is 15.3 Å². The molecule has 5 heteroatoms. The standard InChI is InChI=1S/C18H15N3O2/c1-12-7-5-6-10-15(12)20-17(22)14-11-19-16(21-18(14)23)13-8-3-2-4-9-13/h2-11H,1H3,(H,20,22)(H,19,21,23). The largest absolute Gasteiger partial charge is 0.322 e. The van der Waals surface area contributed by atoms with Gasteiger partial charge in [0.05, 0.1) is 0 Å². The van der Waals surface area contributed by atoms with Gasteiger partial charge >= 0.3 is 0 Å². The number of para-hydroxylation sites is 1. The minimum atomic E-state index is -0.479. The number of aromatic nitrogens is 2. The van der Waals surface area contributed by atoms with E-state index in [1.54, 1.807) is 6.07 Å². The maximum atomic E-state index is 12.3. The number of amides is 1. The van der Waals surface area contributed by atoms with Crippen molar-refractivity contribution in [2.45, 2.75) is 6.92 Å². The lowest BCUT2D eigenvalue weighted by molar-refractivity contribution is 0.102. The number of rotatable bonds is 3. The normalized spacial score (nSPS) is 10.3. The summed E-state index contributed by atoms with van der Waals surface area (Å²) in [7, 11) is 0. The van der Waals surface area contributed by atoms with Crippen molar-refractivity contribution in [2.24, 2.45) is 0 Å². The fourth-order valence-electron chi connectivity index (χ4n) is 2.20. The molecule has 0 bridgehead atoms. The minimum absolute atomic E-state index is 0.0204. The van der Waals surface area contributed by atoms with Gasteiger partial charge in [-0.1, -0.05) is 48.5 Å². The Morgan fingerprint density at radius 3 is 2.43 bits per heavy atom. The molecule has 0 spiro atoms. The molecule has 0 unspecified atom stereocenters. The molecule has 0 fully saturated rings. The van der Waals surface area contributed by atoms with E-state index in [9.17, 15) is 9.59 Å². The zero-order valence-corrected chi connectivity index (χ0v) is 12.5. The van der Waals surface area contributed by atoms with Crippen molar-refractivity contribution in [3.05, 3.63) is 82.3 Å². The molecule has 1 amide bonds. The summed E-state index contributed by atoms with van der Waals surface area (Å²) in [6.07, 6.45) is 1.30. The van der Waals surface area contributed by atoms with Gasteiger partial charge in [-0.3, -0.25) is 9.59 Å². The van der Waals surface area contributed by atoms with Crippen LogP contribution in [0, 0.1) is 6.92 Å². The molecule has 2 aromatic carbocycles. The number of nitrogens with one attached hydrogen (secondary N) is 2. The van der Waals surface area contributed by atoms with E-state index in [4.69, 9.17) is 0 Å². The number of carbonyl (C=O) groups excluding carboxylic acids is 1. The molecular weight excluding hydrogens is 290 g/mol. The zero-order chi connectivity index (χ0) is 16.2. The molecule has 0 aliphatic heterocycles. The van der Waals surface area contributed by atoms with Crippen LogP contribution < -0.4 is 10.9 Å². The van der Waals surface area contributed by atoms with Crippen LogP contribution in [0.25, 0.3) is 11.4 Å². The van der Waals surface area contributed by atoms with Crippen molar-refractivity contribution in [1.82, 2.24) is 9.97 Å². The lowest BCUT2D eigenvalue weighted by Crippen LogP contribution is -2.24. The monoisotopic (exact) mass is 305 g/mol. The quantitative estimate of drug-likeness (QED) is 0.781. The van der Waals surface area contributed by atoms with Gasteiger partial charge in [-0.15, -0.1) is 0 Å². The Hall–Kier alpha value is -3.21. The third-order valence-electron chi connectivity index (χ3n) is 3.48. The van der Waals surface area contributed by atoms with E-state index < -0.39 is 11.5 Å². The number of aryl methyl sites for hydroxylation is 1. The minimum Gasteiger partial charge on any atom is -0.322 e. The number of benzene rings is 2. The van der Waals surface area contributed by atoms with Gasteiger partial charge in [0.2, 0.25) is 0 Å². The Kier molecular flexibility index (Phi) is 4.01. The molecule has 23 heavy (non-hydrogen) atoms. The summed E-state index contributed by atoms with van der Waals surface area (Å²) < 4.78 is 0. The Labute approximate surface area is 133 Å². The van der Waals surface area contributed by atoms with Crippen LogP contribution in [0.4, 0.5) is 5.69 Å². The molecular formula is C18H15N3O2. The van der Waals surface area contributed by atoms with Crippen LogP contribution in [0.15, 0.2) is 65.6 Å². The highest BCUT2D eigenvalue weighted by Gasteiger charge is 2.13. The Balaban J connectivity index is 1.88. The van der Waals surface area contributed by atoms with Crippen LogP contribution in [0.1, 0.15) is 15.9 Å². The number of nitrogens with zero attached hydrogens (tertiary/aromatic N) is 1. The van der Waals surface area contributed by atoms with Crippen LogP contribution >= 0.6 is 0 Å². The van der Waals surface area contributed by atoms with E-state index in [1.165, 1.54) is 6.20 Å². The van der Waals surface area contributed by atoms with Gasteiger partial charge in [-0.2, -0.15) is 0 Å². The predicted octanol–water partition coefficient (Wildman–Crippen LogP) is 3.00. The molecule has 0 aliphatic carbocycles. The van der Waals surface area contributed by atoms with Gasteiger partial charge in [0.15, 0.2) is 0 Å². The van der Waals surface area contributed by atoms with Crippen LogP contribution in [0.5, 0.6) is 0 Å². The zero-order valence-electron chi connectivity index (χ0n) is 12.5. The van der Waals surface area contributed by atoms with Crippen molar-refractivity contribution in [1.29, 1.82) is 0 Å². The van der Waals surface area contributed by atoms with Crippen LogP contribution in [-0.2, 0) is 0 Å². The lowest BCUT2D eigenvalue weighted by atomic mass is 10.2. The fraction of sp³-hybridized carbons (Fsp3) is 0.0556. The summed E-state index contributed by atoms with van der Waals surface area (Å²) in [6, 6.07) is 16.6. The second-order valence-corrected chi connectivity index (χ2v) is 5.11. The predicted molar refractivity (Wildman–Crippen MR) is 89.4 cm³/mol. The summed E-state index contributed by atoms with van der Waals surface area (Å²) in [6.45, 7) is 1.89. The molecule has 5 nitrogen and oxygen atoms in total. The third kappa shape index (κ3) is 3.18. The molecule has 114 valence electrons. The smallest absolute Gasteiger partial charge is 0.264 e. The molecule has 1 heterocycles. The second-order valence-electron chi connectivity index (χ2n) is 5.11. The SMILES string of the molecule is Cc1ccccc1NC(=O)c1cnc(-c2ccccc2)[nH]c1=O. The van der Waals surface area contributed by atoms with Gasteiger partial charge in [0.1, 0.15) is 11.4 Å². The molecule has 0 radical (unpaired) electrons. The van der Waals surface area contributed by atoms with Crippen molar-refractivity contribution in [3.8, 4) is 11.4 Å². The number of hydrogen-bond acceptors (Lipinski definition) is 3. The van der Waals surface area contributed by atoms with Crippen LogP contribution in [0.2, 0.25) is 0 Å². The summed E-state index contributed by atoms with van der Waals surface area (Å²) in [5, 5.41) is 2.73. The molecule has 3 rings (SSSR count). The fourth-order valence-corrected chi connectivity index (χ4v) is 2.20. The van der Waals surface area contributed by atoms with E-state index in [0.717, 1.165) is 11.1 Å². The highest BCUT2D eigenvalue weighted by Crippen LogP contribution is 2.15. The molecule has 0 aliphatic rings. The van der Waals surface area contributed by atoms with E-state index >= 15 is 0 Å². The highest BCUT2D eigenvalue weighted by atomic mass is 16.2. The first-order chi connectivity index (χ1) is 11.1. The van der Waals surface area contributed by atoms with Crippen molar-refractivity contribution in [2.75, 3.05) is 5.32 Å². The van der Waals surface area contributed by atoms with Crippen molar-refractivity contribution < 1.29 is 4.79 Å². The topological polar surface area (TPSA) is 74.8 Å². The van der Waals surface area contributed by atoms with E-state index in [-0.39, 0.29) is 5.56 Å². The summed E-state index contributed by atoms with van der Waals surface area (Å²) >= 11 is 0. The Morgan fingerprint density at radius 1 is 1.04 bits per heavy atom. The maximum Gasteiger partial charge on any atom is 0.264 e.